The summed E-state index contributed by atoms with van der Waals surface area (Å²) >= 11 is 0. The summed E-state index contributed by atoms with van der Waals surface area (Å²) in [5.74, 6) is 0. The van der Waals surface area contributed by atoms with Gasteiger partial charge in [-0.25, -0.2) is 4.39 Å². The predicted octanol–water partition coefficient (Wildman–Crippen LogP) is 0.592. The lowest BCUT2D eigenvalue weighted by Crippen LogP contribution is -2.47. The average molecular weight is 208 g/mol. The van der Waals surface area contributed by atoms with Crippen LogP contribution in [0.2, 0.25) is 0 Å². The molecule has 0 spiro atoms. The number of alkyl halides is 1. The Morgan fingerprint density at radius 3 is 2.46 bits per heavy atom. The van der Waals surface area contributed by atoms with E-state index in [-0.39, 0.29) is 6.04 Å². The summed E-state index contributed by atoms with van der Waals surface area (Å²) in [6.45, 7) is 3.26. The predicted molar refractivity (Wildman–Crippen MR) is 53.7 cm³/mol. The Bertz CT molecular complexity index is 196. The van der Waals surface area contributed by atoms with Crippen molar-refractivity contribution in [2.24, 2.45) is 5.73 Å². The molecule has 0 radical (unpaired) electrons. The molecule has 0 aromatic heterocycles. The van der Waals surface area contributed by atoms with Crippen LogP contribution in [-0.4, -0.2) is 56.2 Å². The van der Waals surface area contributed by atoms with E-state index >= 15 is 0 Å². The number of hydrogen-bond donors (Lipinski definition) is 1. The zero-order valence-corrected chi connectivity index (χ0v) is 8.97. The Kier molecular flexibility index (Phi) is 3.89. The molecule has 0 aromatic rings. The number of nitrogens with zero attached hydrogens (tertiary/aromatic N) is 1. The number of nitrogens with two attached hydrogens (primary N) is 1. The smallest absolute Gasteiger partial charge is 0.106 e. The summed E-state index contributed by atoms with van der Waals surface area (Å²) in [6, 6.07) is -0.166. The molecule has 13 heavy (non-hydrogen) atoms. The summed E-state index contributed by atoms with van der Waals surface area (Å²) in [5, 5.41) is 0. The van der Waals surface area contributed by atoms with Crippen LogP contribution in [0.3, 0.4) is 0 Å². The van der Waals surface area contributed by atoms with E-state index in [0.29, 0.717) is 18.9 Å². The van der Waals surface area contributed by atoms with Gasteiger partial charge < -0.3 is 10.3 Å². The van der Waals surface area contributed by atoms with Crippen LogP contribution in [0.5, 0.6) is 0 Å². The van der Waals surface area contributed by atoms with Gasteiger partial charge in [0.05, 0.1) is 13.2 Å². The van der Waals surface area contributed by atoms with Crippen molar-refractivity contribution >= 4 is 7.14 Å². The minimum atomic E-state index is -1.89. The van der Waals surface area contributed by atoms with E-state index in [1.807, 2.05) is 11.6 Å². The van der Waals surface area contributed by atoms with Crippen molar-refractivity contribution in [1.82, 2.24) is 4.90 Å². The van der Waals surface area contributed by atoms with Crippen molar-refractivity contribution in [3.05, 3.63) is 0 Å². The van der Waals surface area contributed by atoms with Crippen molar-refractivity contribution in [2.45, 2.75) is 6.04 Å². The standard InChI is InChI=1S/C8H18FN2OP/c1-13(12)4-2-11(3-5-13)8(6-9)7-10/h8H,2-7,10H2,1H3. The second-order valence-electron chi connectivity index (χ2n) is 3.82. The fraction of sp³-hybridized carbons (Fsp3) is 1.00. The van der Waals surface area contributed by atoms with Crippen LogP contribution in [0.4, 0.5) is 4.39 Å². The normalized spacial score (nSPS) is 25.8. The van der Waals surface area contributed by atoms with E-state index < -0.39 is 13.8 Å². The van der Waals surface area contributed by atoms with Crippen molar-refractivity contribution in [3.63, 3.8) is 0 Å². The molecule has 5 heteroatoms. The highest BCUT2D eigenvalue weighted by Crippen LogP contribution is 2.43. The molecule has 1 heterocycles. The first-order valence-corrected chi connectivity index (χ1v) is 7.17. The fourth-order valence-corrected chi connectivity index (χ4v) is 3.16. The topological polar surface area (TPSA) is 46.3 Å². The molecule has 2 N–H and O–H groups in total. The molecule has 3 nitrogen and oxygen atoms in total. The number of rotatable bonds is 3. The maximum absolute atomic E-state index is 12.4. The van der Waals surface area contributed by atoms with Gasteiger partial charge in [0.15, 0.2) is 0 Å². The largest absolute Gasteiger partial charge is 0.329 e. The van der Waals surface area contributed by atoms with Gasteiger partial charge in [-0.3, -0.25) is 4.90 Å². The van der Waals surface area contributed by atoms with Crippen LogP contribution in [0.1, 0.15) is 0 Å². The molecule has 78 valence electrons. The number of halogens is 1. The van der Waals surface area contributed by atoms with Gasteiger partial charge in [-0.2, -0.15) is 0 Å². The highest BCUT2D eigenvalue weighted by Gasteiger charge is 2.27. The molecule has 1 fully saturated rings. The van der Waals surface area contributed by atoms with Gasteiger partial charge >= 0.3 is 0 Å². The van der Waals surface area contributed by atoms with Crippen LogP contribution in [0.25, 0.3) is 0 Å². The van der Waals surface area contributed by atoms with Gasteiger partial charge in [-0.15, -0.1) is 0 Å². The molecule has 0 aliphatic carbocycles. The third kappa shape index (κ3) is 3.04. The van der Waals surface area contributed by atoms with Gasteiger partial charge in [0.2, 0.25) is 0 Å². The lowest BCUT2D eigenvalue weighted by molar-refractivity contribution is 0.182. The molecule has 1 aliphatic heterocycles. The summed E-state index contributed by atoms with van der Waals surface area (Å²) < 4.78 is 24.1. The van der Waals surface area contributed by atoms with Gasteiger partial charge in [0, 0.05) is 32.0 Å². The van der Waals surface area contributed by atoms with Gasteiger partial charge in [-0.1, -0.05) is 0 Å². The molecular formula is C8H18FN2OP. The molecule has 0 saturated carbocycles. The Morgan fingerprint density at radius 1 is 1.54 bits per heavy atom. The second kappa shape index (κ2) is 4.54. The Labute approximate surface area is 78.8 Å². The highest BCUT2D eigenvalue weighted by atomic mass is 31.2. The zero-order chi connectivity index (χ0) is 9.90. The highest BCUT2D eigenvalue weighted by molar-refractivity contribution is 7.63. The van der Waals surface area contributed by atoms with E-state index in [9.17, 15) is 8.96 Å². The maximum atomic E-state index is 12.4. The first-order chi connectivity index (χ1) is 6.09. The lowest BCUT2D eigenvalue weighted by Gasteiger charge is -2.34. The first-order valence-electron chi connectivity index (χ1n) is 4.64. The van der Waals surface area contributed by atoms with Crippen molar-refractivity contribution in [1.29, 1.82) is 0 Å². The van der Waals surface area contributed by atoms with Crippen LogP contribution < -0.4 is 5.73 Å². The third-order valence-electron chi connectivity index (χ3n) is 2.69. The second-order valence-corrected chi connectivity index (χ2v) is 7.31. The third-order valence-corrected chi connectivity index (χ3v) is 4.98. The minimum Gasteiger partial charge on any atom is -0.329 e. The molecule has 1 unspecified atom stereocenters. The van der Waals surface area contributed by atoms with E-state index in [0.717, 1.165) is 13.1 Å². The minimum absolute atomic E-state index is 0.166. The molecule has 1 saturated heterocycles. The van der Waals surface area contributed by atoms with Gasteiger partial charge in [-0.05, 0) is 6.66 Å². The molecule has 0 amide bonds. The first kappa shape index (κ1) is 11.2. The van der Waals surface area contributed by atoms with Crippen LogP contribution >= 0.6 is 7.14 Å². The zero-order valence-electron chi connectivity index (χ0n) is 8.08. The van der Waals surface area contributed by atoms with E-state index in [2.05, 4.69) is 0 Å². The van der Waals surface area contributed by atoms with E-state index in [1.165, 1.54) is 0 Å². The van der Waals surface area contributed by atoms with Crippen molar-refractivity contribution in [3.8, 4) is 0 Å². The summed E-state index contributed by atoms with van der Waals surface area (Å²) in [4.78, 5) is 2.01. The van der Waals surface area contributed by atoms with E-state index in [4.69, 9.17) is 5.73 Å². The lowest BCUT2D eigenvalue weighted by atomic mass is 10.2. The molecule has 1 aliphatic rings. The molecule has 0 aromatic carbocycles. The quantitative estimate of drug-likeness (QED) is 0.690. The fourth-order valence-electron chi connectivity index (χ4n) is 1.58. The van der Waals surface area contributed by atoms with Crippen molar-refractivity contribution in [2.75, 3.05) is 45.3 Å². The van der Waals surface area contributed by atoms with Crippen LogP contribution in [0.15, 0.2) is 0 Å². The summed E-state index contributed by atoms with van der Waals surface area (Å²) in [5.41, 5.74) is 5.43. The molecule has 1 atom stereocenters. The molecular weight excluding hydrogens is 190 g/mol. The van der Waals surface area contributed by atoms with Gasteiger partial charge in [0.25, 0.3) is 0 Å². The van der Waals surface area contributed by atoms with Crippen molar-refractivity contribution < 1.29 is 8.96 Å². The average Bonchev–Trinajstić information content (AvgIpc) is 2.09. The van der Waals surface area contributed by atoms with Crippen LogP contribution in [0, 0.1) is 0 Å². The summed E-state index contributed by atoms with van der Waals surface area (Å²) in [7, 11) is -1.89. The molecule has 1 rings (SSSR count). The van der Waals surface area contributed by atoms with Gasteiger partial charge in [0.1, 0.15) is 6.67 Å². The van der Waals surface area contributed by atoms with Crippen LogP contribution in [-0.2, 0) is 4.57 Å². The Hall–Kier alpha value is 0.0800. The summed E-state index contributed by atoms with van der Waals surface area (Å²) in [6.07, 6.45) is 1.42. The van der Waals surface area contributed by atoms with E-state index in [1.54, 1.807) is 0 Å². The maximum Gasteiger partial charge on any atom is 0.106 e. The Morgan fingerprint density at radius 2 is 2.08 bits per heavy atom. The molecule has 0 bridgehead atoms. The monoisotopic (exact) mass is 208 g/mol. The Balaban J connectivity index is 2.44. The number of hydrogen-bond acceptors (Lipinski definition) is 3. The SMILES string of the molecule is CP1(=O)CCN(C(CN)CF)CC1.